The molecule has 3 rings (SSSR count). The minimum absolute atomic E-state index is 0.160. The van der Waals surface area contributed by atoms with E-state index in [2.05, 4.69) is 22.6 Å². The fourth-order valence-electron chi connectivity index (χ4n) is 2.23. The van der Waals surface area contributed by atoms with E-state index in [0.717, 1.165) is 27.6 Å². The molecule has 1 aromatic heterocycles. The predicted molar refractivity (Wildman–Crippen MR) is 76.1 cm³/mol. The van der Waals surface area contributed by atoms with Crippen LogP contribution in [-0.4, -0.2) is 23.2 Å². The highest BCUT2D eigenvalue weighted by Crippen LogP contribution is 2.32. The largest absolute Gasteiger partial charge is 0.408 e. The van der Waals surface area contributed by atoms with Gasteiger partial charge in [-0.25, -0.2) is 0 Å². The van der Waals surface area contributed by atoms with Gasteiger partial charge in [-0.2, -0.15) is 5.48 Å². The molecule has 0 unspecified atom stereocenters. The summed E-state index contributed by atoms with van der Waals surface area (Å²) in [6, 6.07) is 14.1. The third kappa shape index (κ3) is 2.28. The van der Waals surface area contributed by atoms with Gasteiger partial charge in [-0.15, -0.1) is 0 Å². The normalized spacial score (nSPS) is 11.2. The number of hydrogen-bond acceptors (Lipinski definition) is 3. The van der Waals surface area contributed by atoms with Crippen molar-refractivity contribution in [3.05, 3.63) is 42.5 Å². The maximum Gasteiger partial charge on any atom is 0.157 e. The highest BCUT2D eigenvalue weighted by molar-refractivity contribution is 6.10. The summed E-state index contributed by atoms with van der Waals surface area (Å²) >= 11 is 0. The van der Waals surface area contributed by atoms with Crippen LogP contribution in [0.2, 0.25) is 0 Å². The van der Waals surface area contributed by atoms with E-state index < -0.39 is 0 Å². The van der Waals surface area contributed by atoms with Crippen LogP contribution in [0.25, 0.3) is 21.8 Å². The van der Waals surface area contributed by atoms with Crippen LogP contribution in [0.15, 0.2) is 42.5 Å². The van der Waals surface area contributed by atoms with Crippen molar-refractivity contribution in [3.63, 3.8) is 0 Å². The molecule has 0 bridgehead atoms. The second-order valence-corrected chi connectivity index (χ2v) is 4.42. The summed E-state index contributed by atoms with van der Waals surface area (Å²) in [6.07, 6.45) is 0.670. The molecule has 0 radical (unpaired) electrons. The first-order chi connectivity index (χ1) is 9.40. The number of nitrogens with one attached hydrogen (secondary N) is 2. The van der Waals surface area contributed by atoms with Crippen molar-refractivity contribution in [1.29, 1.82) is 0 Å². The van der Waals surface area contributed by atoms with E-state index in [-0.39, 0.29) is 6.61 Å². The maximum atomic E-state index is 8.74. The van der Waals surface area contributed by atoms with E-state index in [1.165, 1.54) is 0 Å². The van der Waals surface area contributed by atoms with Crippen LogP contribution >= 0.6 is 0 Å². The third-order valence-electron chi connectivity index (χ3n) is 3.11. The fourth-order valence-corrected chi connectivity index (χ4v) is 2.23. The van der Waals surface area contributed by atoms with Crippen LogP contribution in [-0.2, 0) is 0 Å². The lowest BCUT2D eigenvalue weighted by Gasteiger charge is -2.07. The van der Waals surface area contributed by atoms with E-state index in [0.29, 0.717) is 13.0 Å². The highest BCUT2D eigenvalue weighted by atomic mass is 16.6. The first kappa shape index (κ1) is 12.0. The van der Waals surface area contributed by atoms with E-state index in [9.17, 15) is 0 Å². The number of rotatable bonds is 5. The monoisotopic (exact) mass is 256 g/mol. The van der Waals surface area contributed by atoms with E-state index >= 15 is 0 Å². The van der Waals surface area contributed by atoms with Crippen LogP contribution in [0.3, 0.4) is 0 Å². The van der Waals surface area contributed by atoms with E-state index in [4.69, 9.17) is 9.94 Å². The van der Waals surface area contributed by atoms with Gasteiger partial charge in [0.25, 0.3) is 0 Å². The number of H-pyrrole nitrogens is 1. The fraction of sp³-hybridized carbons (Fsp3) is 0.200. The summed E-state index contributed by atoms with van der Waals surface area (Å²) < 4.78 is 0. The third-order valence-corrected chi connectivity index (χ3v) is 3.11. The zero-order chi connectivity index (χ0) is 13.1. The zero-order valence-corrected chi connectivity index (χ0v) is 10.5. The van der Waals surface area contributed by atoms with Crippen molar-refractivity contribution < 1.29 is 9.94 Å². The minimum atomic E-state index is 0.160. The van der Waals surface area contributed by atoms with Crippen molar-refractivity contribution in [2.45, 2.75) is 6.42 Å². The highest BCUT2D eigenvalue weighted by Gasteiger charge is 2.09. The van der Waals surface area contributed by atoms with E-state index in [1.54, 1.807) is 0 Å². The molecular formula is C15H16N2O2. The predicted octanol–water partition coefficient (Wildman–Crippen LogP) is 2.59. The molecule has 0 saturated carbocycles. The molecule has 0 amide bonds. The zero-order valence-electron chi connectivity index (χ0n) is 10.5. The Morgan fingerprint density at radius 2 is 1.89 bits per heavy atom. The average molecular weight is 256 g/mol. The SMILES string of the molecule is OCCCNOc1cccc2[nH]c3ccccc3c12. The first-order valence-corrected chi connectivity index (χ1v) is 6.40. The van der Waals surface area contributed by atoms with Gasteiger partial charge in [0.1, 0.15) is 0 Å². The number of aliphatic hydroxyl groups is 1. The van der Waals surface area contributed by atoms with Gasteiger partial charge in [0, 0.05) is 24.1 Å². The summed E-state index contributed by atoms with van der Waals surface area (Å²) in [4.78, 5) is 8.98. The molecule has 19 heavy (non-hydrogen) atoms. The second kappa shape index (κ2) is 5.30. The summed E-state index contributed by atoms with van der Waals surface area (Å²) in [7, 11) is 0. The Morgan fingerprint density at radius 1 is 1.05 bits per heavy atom. The second-order valence-electron chi connectivity index (χ2n) is 4.42. The Balaban J connectivity index is 1.99. The van der Waals surface area contributed by atoms with Gasteiger partial charge in [0.2, 0.25) is 0 Å². The molecule has 98 valence electrons. The van der Waals surface area contributed by atoms with Crippen LogP contribution in [0.4, 0.5) is 0 Å². The Bertz CT molecular complexity index is 691. The molecular weight excluding hydrogens is 240 g/mol. The number of aromatic nitrogens is 1. The van der Waals surface area contributed by atoms with Crippen LogP contribution in [0.1, 0.15) is 6.42 Å². The van der Waals surface area contributed by atoms with Gasteiger partial charge in [-0.1, -0.05) is 24.3 Å². The first-order valence-electron chi connectivity index (χ1n) is 6.40. The lowest BCUT2D eigenvalue weighted by molar-refractivity contribution is 0.183. The Labute approximate surface area is 111 Å². The molecule has 1 heterocycles. The smallest absolute Gasteiger partial charge is 0.157 e. The maximum absolute atomic E-state index is 8.74. The number of hydroxylamine groups is 1. The molecule has 0 aliphatic carbocycles. The van der Waals surface area contributed by atoms with Crippen molar-refractivity contribution in [2.75, 3.05) is 13.2 Å². The molecule has 0 atom stereocenters. The average Bonchev–Trinajstić information content (AvgIpc) is 2.83. The number of benzene rings is 2. The van der Waals surface area contributed by atoms with Crippen LogP contribution in [0.5, 0.6) is 5.75 Å². The number of aliphatic hydroxyl groups excluding tert-OH is 1. The molecule has 3 aromatic rings. The van der Waals surface area contributed by atoms with Crippen LogP contribution in [0, 0.1) is 0 Å². The molecule has 0 aliphatic heterocycles. The molecule has 0 fully saturated rings. The lowest BCUT2D eigenvalue weighted by Crippen LogP contribution is -2.20. The Hall–Kier alpha value is -2.04. The van der Waals surface area contributed by atoms with Gasteiger partial charge < -0.3 is 14.9 Å². The number of hydrogen-bond donors (Lipinski definition) is 3. The van der Waals surface area contributed by atoms with Crippen molar-refractivity contribution >= 4 is 21.8 Å². The van der Waals surface area contributed by atoms with Gasteiger partial charge >= 0.3 is 0 Å². The quantitative estimate of drug-likeness (QED) is 0.486. The summed E-state index contributed by atoms with van der Waals surface area (Å²) in [5.41, 5.74) is 5.03. The van der Waals surface area contributed by atoms with Gasteiger partial charge in [-0.05, 0) is 24.6 Å². The van der Waals surface area contributed by atoms with Gasteiger partial charge in [0.15, 0.2) is 5.75 Å². The van der Waals surface area contributed by atoms with Crippen molar-refractivity contribution in [3.8, 4) is 5.75 Å². The Morgan fingerprint density at radius 3 is 2.79 bits per heavy atom. The van der Waals surface area contributed by atoms with Gasteiger partial charge in [-0.3, -0.25) is 0 Å². The molecule has 0 saturated heterocycles. The number of para-hydroxylation sites is 1. The summed E-state index contributed by atoms with van der Waals surface area (Å²) in [5.74, 6) is 0.799. The molecule has 4 heteroatoms. The molecule has 0 spiro atoms. The molecule has 0 aliphatic rings. The van der Waals surface area contributed by atoms with Crippen LogP contribution < -0.4 is 10.3 Å². The molecule has 4 nitrogen and oxygen atoms in total. The standard InChI is InChI=1S/C15H16N2O2/c18-10-4-9-16-19-14-8-3-7-13-15(14)11-5-1-2-6-12(11)17-13/h1-3,5-8,16-18H,4,9-10H2. The topological polar surface area (TPSA) is 57.3 Å². The van der Waals surface area contributed by atoms with E-state index in [1.807, 2.05) is 30.3 Å². The number of aromatic amines is 1. The molecule has 2 aromatic carbocycles. The summed E-state index contributed by atoms with van der Waals surface area (Å²) in [6.45, 7) is 0.781. The summed E-state index contributed by atoms with van der Waals surface area (Å²) in [5, 5.41) is 11.0. The Kier molecular flexibility index (Phi) is 3.35. The van der Waals surface area contributed by atoms with Crippen molar-refractivity contribution in [1.82, 2.24) is 10.5 Å². The van der Waals surface area contributed by atoms with Gasteiger partial charge in [0.05, 0.1) is 10.9 Å². The number of fused-ring (bicyclic) bond motifs is 3. The van der Waals surface area contributed by atoms with Crippen molar-refractivity contribution in [2.24, 2.45) is 0 Å². The molecule has 3 N–H and O–H groups in total. The lowest BCUT2D eigenvalue weighted by atomic mass is 10.1. The minimum Gasteiger partial charge on any atom is -0.408 e.